The van der Waals surface area contributed by atoms with Gasteiger partial charge in [-0.3, -0.25) is 0 Å². The second kappa shape index (κ2) is 2.59. The standard InChI is InChI=1S/C12H12NO3P/c1-5(2)4-7-8(15-6(3)13-7)9-10-11-12(16-9)17(10,11)14/h5H,4H2,1-3H3. The van der Waals surface area contributed by atoms with Crippen molar-refractivity contribution in [3.63, 3.8) is 0 Å². The zero-order chi connectivity index (χ0) is 11.9. The summed E-state index contributed by atoms with van der Waals surface area (Å²) in [5.41, 5.74) is 1.63. The molecular formula is C12H12NO3P. The highest BCUT2D eigenvalue weighted by Gasteiger charge is 2.75. The molecule has 1 unspecified atom stereocenters. The van der Waals surface area contributed by atoms with E-state index in [0.29, 0.717) is 28.8 Å². The van der Waals surface area contributed by atoms with Gasteiger partial charge in [-0.25, -0.2) is 4.98 Å². The summed E-state index contributed by atoms with van der Waals surface area (Å²) in [6.07, 6.45) is 0.849. The molecule has 3 aliphatic heterocycles. The zero-order valence-electron chi connectivity index (χ0n) is 9.90. The minimum atomic E-state index is -2.16. The molecule has 2 bridgehead atoms. The predicted molar refractivity (Wildman–Crippen MR) is 64.0 cm³/mol. The highest BCUT2D eigenvalue weighted by atomic mass is 31.2. The molecule has 0 aliphatic carbocycles. The Morgan fingerprint density at radius 2 is 1.94 bits per heavy atom. The monoisotopic (exact) mass is 249 g/mol. The van der Waals surface area contributed by atoms with Gasteiger partial charge in [0, 0.05) is 6.92 Å². The minimum Gasteiger partial charge on any atom is -0.447 e. The third-order valence-electron chi connectivity index (χ3n) is 3.27. The summed E-state index contributed by atoms with van der Waals surface area (Å²) in [6.45, 7) is 6.10. The molecule has 0 fully saturated rings. The van der Waals surface area contributed by atoms with Crippen LogP contribution < -0.4 is 16.1 Å². The number of fused-ring (bicyclic) bond motifs is 1. The largest absolute Gasteiger partial charge is 0.447 e. The Kier molecular flexibility index (Phi) is 1.48. The van der Waals surface area contributed by atoms with Crippen LogP contribution in [0.3, 0.4) is 0 Å². The fourth-order valence-electron chi connectivity index (χ4n) is 2.43. The molecule has 2 aromatic heterocycles. The molecule has 17 heavy (non-hydrogen) atoms. The van der Waals surface area contributed by atoms with E-state index < -0.39 is 7.14 Å². The quantitative estimate of drug-likeness (QED) is 0.519. The first-order chi connectivity index (χ1) is 8.03. The Hall–Kier alpha value is -1.28. The summed E-state index contributed by atoms with van der Waals surface area (Å²) in [7, 11) is -2.16. The number of oxazole rings is 1. The van der Waals surface area contributed by atoms with E-state index in [4.69, 9.17) is 8.83 Å². The second-order valence-corrected chi connectivity index (χ2v) is 7.67. The maximum Gasteiger partial charge on any atom is 0.214 e. The summed E-state index contributed by atoms with van der Waals surface area (Å²) in [4.78, 5) is 4.39. The van der Waals surface area contributed by atoms with Gasteiger partial charge in [0.2, 0.25) is 7.14 Å². The number of furan rings is 1. The van der Waals surface area contributed by atoms with E-state index in [0.717, 1.165) is 22.7 Å². The smallest absolute Gasteiger partial charge is 0.214 e. The summed E-state index contributed by atoms with van der Waals surface area (Å²) >= 11 is 0. The van der Waals surface area contributed by atoms with Crippen LogP contribution in [0.25, 0.3) is 11.5 Å². The van der Waals surface area contributed by atoms with Gasteiger partial charge in [0.1, 0.15) is 0 Å². The van der Waals surface area contributed by atoms with Crippen LogP contribution in [0.4, 0.5) is 0 Å². The van der Waals surface area contributed by atoms with Crippen LogP contribution >= 0.6 is 7.14 Å². The van der Waals surface area contributed by atoms with Gasteiger partial charge in [-0.2, -0.15) is 0 Å². The maximum atomic E-state index is 11.9. The molecule has 1 atom stereocenters. The Bertz CT molecular complexity index is 699. The molecule has 0 N–H and O–H groups in total. The average molecular weight is 249 g/mol. The van der Waals surface area contributed by atoms with Gasteiger partial charge in [-0.05, 0) is 12.3 Å². The molecule has 4 nitrogen and oxygen atoms in total. The van der Waals surface area contributed by atoms with Gasteiger partial charge in [0.15, 0.2) is 22.9 Å². The van der Waals surface area contributed by atoms with Crippen LogP contribution in [-0.4, -0.2) is 4.98 Å². The van der Waals surface area contributed by atoms with Crippen LogP contribution in [0.15, 0.2) is 8.83 Å². The van der Waals surface area contributed by atoms with Gasteiger partial charge in [-0.1, -0.05) is 13.8 Å². The molecule has 0 aromatic carbocycles. The summed E-state index contributed by atoms with van der Waals surface area (Å²) in [6, 6.07) is 0. The van der Waals surface area contributed by atoms with E-state index in [9.17, 15) is 4.57 Å². The van der Waals surface area contributed by atoms with Crippen molar-refractivity contribution in [1.82, 2.24) is 4.98 Å². The topological polar surface area (TPSA) is 56.2 Å². The molecule has 0 saturated heterocycles. The lowest BCUT2D eigenvalue weighted by atomic mass is 10.1. The maximum absolute atomic E-state index is 11.9. The Morgan fingerprint density at radius 3 is 2.47 bits per heavy atom. The van der Waals surface area contributed by atoms with Crippen molar-refractivity contribution in [3.05, 3.63) is 11.6 Å². The fourth-order valence-corrected chi connectivity index (χ4v) is 4.90. The lowest BCUT2D eigenvalue weighted by molar-refractivity contribution is 0.508. The van der Waals surface area contributed by atoms with Crippen molar-refractivity contribution in [1.29, 1.82) is 0 Å². The molecular weight excluding hydrogens is 237 g/mol. The number of hydrogen-bond acceptors (Lipinski definition) is 4. The molecule has 88 valence electrons. The lowest BCUT2D eigenvalue weighted by Crippen LogP contribution is -1.99. The van der Waals surface area contributed by atoms with Crippen molar-refractivity contribution in [2.75, 3.05) is 0 Å². The van der Waals surface area contributed by atoms with Gasteiger partial charge in [-0.15, -0.1) is 0 Å². The molecule has 0 spiro atoms. The van der Waals surface area contributed by atoms with Crippen LogP contribution in [-0.2, 0) is 11.0 Å². The van der Waals surface area contributed by atoms with Crippen LogP contribution in [0.5, 0.6) is 0 Å². The van der Waals surface area contributed by atoms with E-state index in [1.807, 2.05) is 6.92 Å². The molecule has 5 heteroatoms. The summed E-state index contributed by atoms with van der Waals surface area (Å²) in [5, 5.41) is 1.88. The predicted octanol–water partition coefficient (Wildman–Crippen LogP) is 1.71. The first kappa shape index (κ1) is 9.72. The molecule has 0 amide bonds. The second-order valence-electron chi connectivity index (χ2n) is 5.15. The van der Waals surface area contributed by atoms with E-state index >= 15 is 0 Å². The van der Waals surface area contributed by atoms with Crippen molar-refractivity contribution in [2.24, 2.45) is 5.92 Å². The van der Waals surface area contributed by atoms with Crippen LogP contribution in [0, 0.1) is 12.8 Å². The highest BCUT2D eigenvalue weighted by molar-refractivity contribution is 8.06. The van der Waals surface area contributed by atoms with Crippen molar-refractivity contribution in [2.45, 2.75) is 27.2 Å². The Morgan fingerprint density at radius 1 is 1.24 bits per heavy atom. The number of rotatable bonds is 3. The van der Waals surface area contributed by atoms with Crippen molar-refractivity contribution < 1.29 is 13.4 Å². The average Bonchev–Trinajstić information content (AvgIpc) is 2.81. The number of hydrogen-bond donors (Lipinski definition) is 0. The molecule has 0 saturated carbocycles. The van der Waals surface area contributed by atoms with Crippen molar-refractivity contribution >= 4 is 23.3 Å². The normalized spacial score (nSPS) is 23.1. The van der Waals surface area contributed by atoms with E-state index in [2.05, 4.69) is 18.8 Å². The minimum absolute atomic E-state index is 0.504. The summed E-state index contributed by atoms with van der Waals surface area (Å²) < 4.78 is 23.1. The zero-order valence-corrected chi connectivity index (χ0v) is 10.8. The third-order valence-corrected chi connectivity index (χ3v) is 5.82. The molecule has 0 radical (unpaired) electrons. The van der Waals surface area contributed by atoms with E-state index in [1.54, 1.807) is 0 Å². The first-order valence-corrected chi connectivity index (χ1v) is 7.49. The summed E-state index contributed by atoms with van der Waals surface area (Å²) in [5.74, 6) is 2.51. The Balaban J connectivity index is 1.82. The van der Waals surface area contributed by atoms with E-state index in [1.165, 1.54) is 0 Å². The third kappa shape index (κ3) is 1.00. The molecule has 2 aromatic rings. The van der Waals surface area contributed by atoms with E-state index in [-0.39, 0.29) is 0 Å². The van der Waals surface area contributed by atoms with Crippen LogP contribution in [0.2, 0.25) is 0 Å². The SMILES string of the molecule is Cc1nc(CC(C)C)c(-c2oc3c4c2P34=O)o1. The first-order valence-electron chi connectivity index (χ1n) is 5.78. The number of nitrogens with zero attached hydrogens (tertiary/aromatic N) is 1. The van der Waals surface area contributed by atoms with Gasteiger partial charge < -0.3 is 13.4 Å². The van der Waals surface area contributed by atoms with Crippen LogP contribution in [0.1, 0.15) is 25.4 Å². The Labute approximate surface area is 98.4 Å². The highest BCUT2D eigenvalue weighted by Crippen LogP contribution is 2.70. The van der Waals surface area contributed by atoms with Gasteiger partial charge in [0.05, 0.1) is 16.3 Å². The number of aromatic nitrogens is 1. The fraction of sp³-hybridized carbons (Fsp3) is 0.417. The molecule has 5 heterocycles. The van der Waals surface area contributed by atoms with Crippen molar-refractivity contribution in [3.8, 4) is 11.5 Å². The molecule has 3 aliphatic rings. The van der Waals surface area contributed by atoms with Gasteiger partial charge in [0.25, 0.3) is 0 Å². The number of aryl methyl sites for hydroxylation is 1. The molecule has 5 rings (SSSR count). The lowest BCUT2D eigenvalue weighted by Gasteiger charge is -2.01. The van der Waals surface area contributed by atoms with Gasteiger partial charge >= 0.3 is 0 Å².